The Bertz CT molecular complexity index is 929. The van der Waals surface area contributed by atoms with Gasteiger partial charge >= 0.3 is 0 Å². The molecule has 1 saturated heterocycles. The Labute approximate surface area is 149 Å². The summed E-state index contributed by atoms with van der Waals surface area (Å²) in [6.07, 6.45) is 2.40. The van der Waals surface area contributed by atoms with Crippen LogP contribution < -0.4 is 0 Å². The molecule has 1 unspecified atom stereocenters. The van der Waals surface area contributed by atoms with Gasteiger partial charge in [0.15, 0.2) is 15.6 Å². The maximum atomic E-state index is 13.1. The van der Waals surface area contributed by atoms with Crippen molar-refractivity contribution in [2.24, 2.45) is 0 Å². The highest BCUT2D eigenvalue weighted by Crippen LogP contribution is 2.36. The number of rotatable bonds is 3. The molecule has 1 aromatic heterocycles. The van der Waals surface area contributed by atoms with Crippen LogP contribution in [0.1, 0.15) is 35.4 Å². The van der Waals surface area contributed by atoms with Crippen molar-refractivity contribution in [3.05, 3.63) is 34.0 Å². The number of carbonyl (C=O) groups excluding carboxylic acids is 1. The van der Waals surface area contributed by atoms with E-state index < -0.39 is 9.84 Å². The van der Waals surface area contributed by atoms with E-state index in [0.29, 0.717) is 17.8 Å². The molecule has 1 aliphatic heterocycles. The van der Waals surface area contributed by atoms with E-state index in [9.17, 15) is 13.2 Å². The standard InChI is InChI=1S/C17H18BrNO4S/c1-10-14-8-11(18)2-5-15(14)23-16(10)17(20)19(12-3-4-12)13-6-7-24(21,22)9-13/h2,5,8,12-13H,3-4,6-7,9H2,1H3. The fraction of sp³-hybridized carbons (Fsp3) is 0.471. The minimum absolute atomic E-state index is 0.0695. The summed E-state index contributed by atoms with van der Waals surface area (Å²) in [7, 11) is -3.03. The molecule has 24 heavy (non-hydrogen) atoms. The zero-order chi connectivity index (χ0) is 17.1. The molecule has 1 aromatic carbocycles. The normalized spacial score (nSPS) is 22.8. The van der Waals surface area contributed by atoms with Crippen LogP contribution >= 0.6 is 15.9 Å². The Kier molecular flexibility index (Phi) is 3.76. The average Bonchev–Trinajstić information content (AvgIpc) is 3.21. The van der Waals surface area contributed by atoms with E-state index in [0.717, 1.165) is 28.3 Å². The number of hydrogen-bond acceptors (Lipinski definition) is 4. The van der Waals surface area contributed by atoms with Gasteiger partial charge in [-0.2, -0.15) is 0 Å². The van der Waals surface area contributed by atoms with Crippen LogP contribution in [0.3, 0.4) is 0 Å². The van der Waals surface area contributed by atoms with Gasteiger partial charge in [-0.3, -0.25) is 4.79 Å². The smallest absolute Gasteiger partial charge is 0.290 e. The third kappa shape index (κ3) is 2.77. The fourth-order valence-corrected chi connectivity index (χ4v) is 5.56. The average molecular weight is 412 g/mol. The van der Waals surface area contributed by atoms with Crippen molar-refractivity contribution < 1.29 is 17.6 Å². The summed E-state index contributed by atoms with van der Waals surface area (Å²) >= 11 is 3.44. The molecule has 5 nitrogen and oxygen atoms in total. The van der Waals surface area contributed by atoms with Crippen molar-refractivity contribution in [2.75, 3.05) is 11.5 Å². The molecule has 7 heteroatoms. The molecule has 2 aromatic rings. The van der Waals surface area contributed by atoms with Crippen molar-refractivity contribution >= 4 is 42.6 Å². The first-order valence-corrected chi connectivity index (χ1v) is 10.7. The second-order valence-corrected chi connectivity index (χ2v) is 9.84. The number of nitrogens with zero attached hydrogens (tertiary/aromatic N) is 1. The predicted molar refractivity (Wildman–Crippen MR) is 94.9 cm³/mol. The number of carbonyl (C=O) groups is 1. The number of halogens is 1. The van der Waals surface area contributed by atoms with Gasteiger partial charge in [-0.1, -0.05) is 15.9 Å². The number of furan rings is 1. The van der Waals surface area contributed by atoms with Crippen molar-refractivity contribution in [3.63, 3.8) is 0 Å². The number of benzene rings is 1. The second kappa shape index (κ2) is 5.59. The summed E-state index contributed by atoms with van der Waals surface area (Å²) in [4.78, 5) is 14.9. The molecule has 1 saturated carbocycles. The number of sulfone groups is 1. The molecule has 4 rings (SSSR count). The van der Waals surface area contributed by atoms with Gasteiger partial charge < -0.3 is 9.32 Å². The number of fused-ring (bicyclic) bond motifs is 1. The van der Waals surface area contributed by atoms with Gasteiger partial charge in [0.2, 0.25) is 0 Å². The van der Waals surface area contributed by atoms with Crippen LogP contribution in [-0.4, -0.2) is 42.8 Å². The zero-order valence-corrected chi connectivity index (χ0v) is 15.7. The maximum absolute atomic E-state index is 13.1. The van der Waals surface area contributed by atoms with Gasteiger partial charge in [-0.25, -0.2) is 8.42 Å². The molecule has 1 atom stereocenters. The van der Waals surface area contributed by atoms with Gasteiger partial charge in [0.05, 0.1) is 11.5 Å². The van der Waals surface area contributed by atoms with E-state index in [4.69, 9.17) is 4.42 Å². The molecule has 1 amide bonds. The van der Waals surface area contributed by atoms with Crippen LogP contribution in [0, 0.1) is 6.92 Å². The van der Waals surface area contributed by atoms with Gasteiger partial charge in [-0.15, -0.1) is 0 Å². The van der Waals surface area contributed by atoms with Crippen molar-refractivity contribution in [1.82, 2.24) is 4.90 Å². The molecule has 1 aliphatic carbocycles. The Balaban J connectivity index is 1.72. The zero-order valence-electron chi connectivity index (χ0n) is 13.3. The summed E-state index contributed by atoms with van der Waals surface area (Å²) in [6, 6.07) is 5.57. The molecule has 2 heterocycles. The predicted octanol–water partition coefficient (Wildman–Crippen LogP) is 3.30. The molecule has 2 aliphatic rings. The van der Waals surface area contributed by atoms with Gasteiger partial charge in [0.1, 0.15) is 5.58 Å². The van der Waals surface area contributed by atoms with E-state index in [-0.39, 0.29) is 29.5 Å². The maximum Gasteiger partial charge on any atom is 0.290 e. The van der Waals surface area contributed by atoms with Crippen molar-refractivity contribution in [3.8, 4) is 0 Å². The van der Waals surface area contributed by atoms with Gasteiger partial charge in [0, 0.05) is 27.5 Å². The molecular formula is C17H18BrNO4S. The Morgan fingerprint density at radius 3 is 2.62 bits per heavy atom. The molecule has 128 valence electrons. The highest BCUT2D eigenvalue weighted by atomic mass is 79.9. The fourth-order valence-electron chi connectivity index (χ4n) is 3.49. The Morgan fingerprint density at radius 2 is 2.00 bits per heavy atom. The van der Waals surface area contributed by atoms with Crippen LogP contribution in [0.2, 0.25) is 0 Å². The number of amides is 1. The minimum Gasteiger partial charge on any atom is -0.451 e. The first kappa shape index (κ1) is 16.1. The van der Waals surface area contributed by atoms with E-state index in [2.05, 4.69) is 15.9 Å². The lowest BCUT2D eigenvalue weighted by atomic mass is 10.1. The van der Waals surface area contributed by atoms with E-state index in [1.807, 2.05) is 25.1 Å². The molecule has 0 spiro atoms. The lowest BCUT2D eigenvalue weighted by molar-refractivity contribution is 0.0649. The summed E-state index contributed by atoms with van der Waals surface area (Å²) < 4.78 is 30.4. The number of hydrogen-bond donors (Lipinski definition) is 0. The second-order valence-electron chi connectivity index (χ2n) is 6.70. The molecule has 2 fully saturated rings. The third-order valence-corrected chi connectivity index (χ3v) is 7.11. The quantitative estimate of drug-likeness (QED) is 0.776. The highest BCUT2D eigenvalue weighted by molar-refractivity contribution is 9.10. The lowest BCUT2D eigenvalue weighted by Crippen LogP contribution is -2.42. The first-order chi connectivity index (χ1) is 11.4. The summed E-state index contributed by atoms with van der Waals surface area (Å²) in [5.74, 6) is 0.393. The first-order valence-electron chi connectivity index (χ1n) is 8.07. The third-order valence-electron chi connectivity index (χ3n) is 4.87. The summed E-state index contributed by atoms with van der Waals surface area (Å²) in [6.45, 7) is 1.88. The van der Waals surface area contributed by atoms with E-state index in [1.54, 1.807) is 4.90 Å². The van der Waals surface area contributed by atoms with Crippen LogP contribution in [0.25, 0.3) is 11.0 Å². The Hall–Kier alpha value is -1.34. The van der Waals surface area contributed by atoms with Crippen molar-refractivity contribution in [2.45, 2.75) is 38.3 Å². The van der Waals surface area contributed by atoms with Crippen LogP contribution in [0.15, 0.2) is 27.1 Å². The Morgan fingerprint density at radius 1 is 1.25 bits per heavy atom. The van der Waals surface area contributed by atoms with E-state index in [1.165, 1.54) is 0 Å². The highest BCUT2D eigenvalue weighted by Gasteiger charge is 2.43. The van der Waals surface area contributed by atoms with Crippen LogP contribution in [0.5, 0.6) is 0 Å². The monoisotopic (exact) mass is 411 g/mol. The molecule has 0 bridgehead atoms. The largest absolute Gasteiger partial charge is 0.451 e. The SMILES string of the molecule is Cc1c(C(=O)N(C2CC2)C2CCS(=O)(=O)C2)oc2ccc(Br)cc12. The lowest BCUT2D eigenvalue weighted by Gasteiger charge is -2.27. The van der Waals surface area contributed by atoms with Gasteiger partial charge in [0.25, 0.3) is 5.91 Å². The van der Waals surface area contributed by atoms with Crippen LogP contribution in [0.4, 0.5) is 0 Å². The topological polar surface area (TPSA) is 67.6 Å². The number of aryl methyl sites for hydroxylation is 1. The summed E-state index contributed by atoms with van der Waals surface area (Å²) in [5, 5.41) is 0.905. The molecular weight excluding hydrogens is 394 g/mol. The van der Waals surface area contributed by atoms with E-state index >= 15 is 0 Å². The molecule has 0 radical (unpaired) electrons. The molecule has 0 N–H and O–H groups in total. The van der Waals surface area contributed by atoms with Crippen molar-refractivity contribution in [1.29, 1.82) is 0 Å². The van der Waals surface area contributed by atoms with Crippen LogP contribution in [-0.2, 0) is 9.84 Å². The van der Waals surface area contributed by atoms with Gasteiger partial charge in [-0.05, 0) is 44.4 Å². The minimum atomic E-state index is -3.03. The summed E-state index contributed by atoms with van der Waals surface area (Å²) in [5.41, 5.74) is 1.48.